The molecule has 4 heteroatoms. The van der Waals surface area contributed by atoms with Crippen molar-refractivity contribution < 1.29 is 15.0 Å². The van der Waals surface area contributed by atoms with Crippen molar-refractivity contribution in [1.82, 2.24) is 4.90 Å². The average molecular weight is 249 g/mol. The van der Waals surface area contributed by atoms with Gasteiger partial charge in [0.1, 0.15) is 6.04 Å². The van der Waals surface area contributed by atoms with E-state index in [1.165, 1.54) is 0 Å². The molecule has 0 amide bonds. The van der Waals surface area contributed by atoms with E-state index in [-0.39, 0.29) is 6.04 Å². The number of hydrogen-bond acceptors (Lipinski definition) is 3. The number of fused-ring (bicyclic) bond motifs is 1. The van der Waals surface area contributed by atoms with Crippen LogP contribution in [-0.2, 0) is 17.8 Å². The van der Waals surface area contributed by atoms with Gasteiger partial charge in [0.2, 0.25) is 0 Å². The van der Waals surface area contributed by atoms with Crippen LogP contribution in [-0.4, -0.2) is 39.3 Å². The molecule has 98 valence electrons. The van der Waals surface area contributed by atoms with E-state index in [0.29, 0.717) is 13.0 Å². The molecule has 1 aliphatic heterocycles. The molecule has 0 radical (unpaired) electrons. The minimum Gasteiger partial charge on any atom is -0.480 e. The average Bonchev–Trinajstić information content (AvgIpc) is 2.36. The predicted octanol–water partition coefficient (Wildman–Crippen LogP) is 1.27. The van der Waals surface area contributed by atoms with E-state index in [0.717, 1.165) is 11.1 Å². The Morgan fingerprint density at radius 3 is 2.50 bits per heavy atom. The normalized spacial score (nSPS) is 23.2. The van der Waals surface area contributed by atoms with E-state index in [9.17, 15) is 15.0 Å². The number of carboxylic acids is 1. The first kappa shape index (κ1) is 13.1. The second-order valence-corrected chi connectivity index (χ2v) is 4.98. The first-order chi connectivity index (χ1) is 8.50. The fourth-order valence-corrected chi connectivity index (χ4v) is 2.48. The number of benzene rings is 1. The van der Waals surface area contributed by atoms with Gasteiger partial charge >= 0.3 is 5.97 Å². The maximum Gasteiger partial charge on any atom is 0.321 e. The van der Waals surface area contributed by atoms with Gasteiger partial charge in [-0.3, -0.25) is 9.69 Å². The molecule has 0 aromatic heterocycles. The molecule has 2 rings (SSSR count). The molecule has 1 aromatic rings. The minimum atomic E-state index is -0.822. The Bertz CT molecular complexity index is 444. The van der Waals surface area contributed by atoms with Gasteiger partial charge in [0.05, 0.1) is 6.10 Å². The van der Waals surface area contributed by atoms with Crippen LogP contribution >= 0.6 is 0 Å². The molecular weight excluding hydrogens is 230 g/mol. The molecule has 0 saturated heterocycles. The zero-order valence-corrected chi connectivity index (χ0v) is 10.7. The second kappa shape index (κ2) is 5.08. The van der Waals surface area contributed by atoms with Gasteiger partial charge in [0.25, 0.3) is 0 Å². The summed E-state index contributed by atoms with van der Waals surface area (Å²) in [5.74, 6) is -0.822. The number of nitrogens with zero attached hydrogens (tertiary/aromatic N) is 1. The molecule has 0 saturated carbocycles. The fourth-order valence-electron chi connectivity index (χ4n) is 2.48. The lowest BCUT2D eigenvalue weighted by Crippen LogP contribution is -2.52. The predicted molar refractivity (Wildman–Crippen MR) is 68.3 cm³/mol. The molecule has 1 heterocycles. The highest BCUT2D eigenvalue weighted by atomic mass is 16.4. The third-order valence-corrected chi connectivity index (χ3v) is 3.79. The van der Waals surface area contributed by atoms with Crippen LogP contribution in [0, 0.1) is 0 Å². The molecule has 3 atom stereocenters. The van der Waals surface area contributed by atoms with Crippen molar-refractivity contribution in [2.45, 2.75) is 45.0 Å². The number of aliphatic hydroxyl groups excluding tert-OH is 1. The van der Waals surface area contributed by atoms with Crippen LogP contribution in [0.25, 0.3) is 0 Å². The molecule has 0 fully saturated rings. The number of carboxylic acid groups (broad SMARTS) is 1. The van der Waals surface area contributed by atoms with Gasteiger partial charge in [0.15, 0.2) is 0 Å². The zero-order chi connectivity index (χ0) is 13.3. The van der Waals surface area contributed by atoms with Crippen LogP contribution in [0.15, 0.2) is 24.3 Å². The van der Waals surface area contributed by atoms with Gasteiger partial charge in [-0.2, -0.15) is 0 Å². The first-order valence-corrected chi connectivity index (χ1v) is 6.24. The van der Waals surface area contributed by atoms with Crippen molar-refractivity contribution in [2.75, 3.05) is 0 Å². The van der Waals surface area contributed by atoms with Gasteiger partial charge in [-0.05, 0) is 31.4 Å². The summed E-state index contributed by atoms with van der Waals surface area (Å²) in [5.41, 5.74) is 2.25. The SMILES string of the molecule is CC(O)C(C)N1Cc2ccccc2CC1C(=O)O. The van der Waals surface area contributed by atoms with Gasteiger partial charge in [-0.15, -0.1) is 0 Å². The first-order valence-electron chi connectivity index (χ1n) is 6.24. The Balaban J connectivity index is 2.31. The smallest absolute Gasteiger partial charge is 0.321 e. The monoisotopic (exact) mass is 249 g/mol. The Morgan fingerprint density at radius 1 is 1.33 bits per heavy atom. The molecule has 1 aliphatic rings. The van der Waals surface area contributed by atoms with Crippen molar-refractivity contribution in [3.8, 4) is 0 Å². The molecule has 1 aromatic carbocycles. The molecule has 0 spiro atoms. The topological polar surface area (TPSA) is 60.8 Å². The lowest BCUT2D eigenvalue weighted by atomic mass is 9.92. The Morgan fingerprint density at radius 2 is 1.94 bits per heavy atom. The van der Waals surface area contributed by atoms with Gasteiger partial charge < -0.3 is 10.2 Å². The fraction of sp³-hybridized carbons (Fsp3) is 0.500. The Hall–Kier alpha value is -1.39. The highest BCUT2D eigenvalue weighted by Crippen LogP contribution is 2.26. The number of rotatable bonds is 3. The maximum absolute atomic E-state index is 11.4. The highest BCUT2D eigenvalue weighted by molar-refractivity contribution is 5.74. The molecule has 3 unspecified atom stereocenters. The van der Waals surface area contributed by atoms with Crippen LogP contribution in [0.2, 0.25) is 0 Å². The van der Waals surface area contributed by atoms with E-state index in [1.807, 2.05) is 36.1 Å². The summed E-state index contributed by atoms with van der Waals surface area (Å²) >= 11 is 0. The van der Waals surface area contributed by atoms with E-state index in [2.05, 4.69) is 0 Å². The maximum atomic E-state index is 11.4. The highest BCUT2D eigenvalue weighted by Gasteiger charge is 2.35. The van der Waals surface area contributed by atoms with E-state index >= 15 is 0 Å². The number of aliphatic carboxylic acids is 1. The lowest BCUT2D eigenvalue weighted by Gasteiger charge is -2.39. The summed E-state index contributed by atoms with van der Waals surface area (Å²) in [5, 5.41) is 19.0. The summed E-state index contributed by atoms with van der Waals surface area (Å²) in [6.45, 7) is 4.15. The second-order valence-electron chi connectivity index (χ2n) is 4.98. The molecule has 18 heavy (non-hydrogen) atoms. The third kappa shape index (κ3) is 2.40. The van der Waals surface area contributed by atoms with Crippen LogP contribution in [0.4, 0.5) is 0 Å². The Kier molecular flexibility index (Phi) is 3.68. The summed E-state index contributed by atoms with van der Waals surface area (Å²) < 4.78 is 0. The zero-order valence-electron chi connectivity index (χ0n) is 10.7. The quantitative estimate of drug-likeness (QED) is 0.847. The van der Waals surface area contributed by atoms with Crippen LogP contribution < -0.4 is 0 Å². The van der Waals surface area contributed by atoms with Crippen LogP contribution in [0.5, 0.6) is 0 Å². The van der Waals surface area contributed by atoms with Crippen molar-refractivity contribution in [3.05, 3.63) is 35.4 Å². The van der Waals surface area contributed by atoms with Crippen molar-refractivity contribution >= 4 is 5.97 Å². The number of carbonyl (C=O) groups is 1. The molecular formula is C14H19NO3. The van der Waals surface area contributed by atoms with E-state index in [4.69, 9.17) is 0 Å². The lowest BCUT2D eigenvalue weighted by molar-refractivity contribution is -0.146. The van der Waals surface area contributed by atoms with Crippen LogP contribution in [0.3, 0.4) is 0 Å². The van der Waals surface area contributed by atoms with E-state index in [1.54, 1.807) is 6.92 Å². The summed E-state index contributed by atoms with van der Waals surface area (Å²) in [6.07, 6.45) is -0.0418. The summed E-state index contributed by atoms with van der Waals surface area (Å²) in [6, 6.07) is 7.19. The minimum absolute atomic E-state index is 0.167. The van der Waals surface area contributed by atoms with Crippen molar-refractivity contribution in [2.24, 2.45) is 0 Å². The standard InChI is InChI=1S/C14H19NO3/c1-9(10(2)16)15-8-12-6-4-3-5-11(12)7-13(15)14(17)18/h3-6,9-10,13,16H,7-8H2,1-2H3,(H,17,18). The van der Waals surface area contributed by atoms with Crippen molar-refractivity contribution in [1.29, 1.82) is 0 Å². The number of aliphatic hydroxyl groups is 1. The molecule has 4 nitrogen and oxygen atoms in total. The Labute approximate surface area is 107 Å². The molecule has 0 aliphatic carbocycles. The molecule has 2 N–H and O–H groups in total. The van der Waals surface area contributed by atoms with Crippen LogP contribution in [0.1, 0.15) is 25.0 Å². The largest absolute Gasteiger partial charge is 0.480 e. The van der Waals surface area contributed by atoms with Gasteiger partial charge in [-0.25, -0.2) is 0 Å². The summed E-state index contributed by atoms with van der Waals surface area (Å²) in [7, 11) is 0. The van der Waals surface area contributed by atoms with E-state index < -0.39 is 18.1 Å². The van der Waals surface area contributed by atoms with Crippen molar-refractivity contribution in [3.63, 3.8) is 0 Å². The van der Waals surface area contributed by atoms with Gasteiger partial charge in [-0.1, -0.05) is 24.3 Å². The number of hydrogen-bond donors (Lipinski definition) is 2. The third-order valence-electron chi connectivity index (χ3n) is 3.79. The summed E-state index contributed by atoms with van der Waals surface area (Å²) in [4.78, 5) is 13.2. The molecule has 0 bridgehead atoms. The van der Waals surface area contributed by atoms with Gasteiger partial charge in [0, 0.05) is 12.6 Å².